The van der Waals surface area contributed by atoms with Crippen LogP contribution in [0.2, 0.25) is 0 Å². The number of carboxylic acids is 1. The zero-order chi connectivity index (χ0) is 16.3. The lowest BCUT2D eigenvalue weighted by molar-refractivity contribution is -0.143. The van der Waals surface area contributed by atoms with E-state index >= 15 is 0 Å². The minimum absolute atomic E-state index is 0.0597. The van der Waals surface area contributed by atoms with Gasteiger partial charge in [-0.1, -0.05) is 51.1 Å². The Hall–Kier alpha value is -1.84. The van der Waals surface area contributed by atoms with Crippen LogP contribution in [0, 0.1) is 5.92 Å². The fourth-order valence-corrected chi connectivity index (χ4v) is 2.68. The van der Waals surface area contributed by atoms with Gasteiger partial charge in [-0.25, -0.2) is 0 Å². The number of carboxylic acid groups (broad SMARTS) is 1. The van der Waals surface area contributed by atoms with Crippen molar-refractivity contribution in [1.29, 1.82) is 0 Å². The molecule has 22 heavy (non-hydrogen) atoms. The van der Waals surface area contributed by atoms with Crippen LogP contribution < -0.4 is 0 Å². The Morgan fingerprint density at radius 2 is 1.86 bits per heavy atom. The number of amides is 1. The summed E-state index contributed by atoms with van der Waals surface area (Å²) in [5.74, 6) is -1.31. The van der Waals surface area contributed by atoms with Gasteiger partial charge < -0.3 is 10.0 Å². The van der Waals surface area contributed by atoms with E-state index in [1.165, 1.54) is 0 Å². The molecule has 0 aromatic heterocycles. The summed E-state index contributed by atoms with van der Waals surface area (Å²) in [6.45, 7) is 6.09. The van der Waals surface area contributed by atoms with Crippen molar-refractivity contribution >= 4 is 11.9 Å². The van der Waals surface area contributed by atoms with Gasteiger partial charge in [0, 0.05) is 19.0 Å². The fourth-order valence-electron chi connectivity index (χ4n) is 2.68. The highest BCUT2D eigenvalue weighted by Crippen LogP contribution is 2.32. The molecule has 0 heterocycles. The minimum atomic E-state index is -0.847. The van der Waals surface area contributed by atoms with E-state index in [-0.39, 0.29) is 17.4 Å². The van der Waals surface area contributed by atoms with Gasteiger partial charge in [-0.15, -0.1) is 0 Å². The molecule has 0 saturated heterocycles. The van der Waals surface area contributed by atoms with Gasteiger partial charge in [-0.2, -0.15) is 0 Å². The molecule has 1 amide bonds. The third-order valence-corrected chi connectivity index (χ3v) is 4.35. The lowest BCUT2D eigenvalue weighted by atomic mass is 9.81. The number of benzene rings is 1. The Morgan fingerprint density at radius 1 is 1.27 bits per heavy atom. The SMILES string of the molecule is CC(CN(C(=O)CC(C)(C)c1ccccc1)C1CC1)C(=O)O. The van der Waals surface area contributed by atoms with Crippen molar-refractivity contribution < 1.29 is 14.7 Å². The average Bonchev–Trinajstić information content (AvgIpc) is 3.29. The van der Waals surface area contributed by atoms with Crippen LogP contribution in [0.15, 0.2) is 30.3 Å². The van der Waals surface area contributed by atoms with Gasteiger partial charge in [0.25, 0.3) is 0 Å². The second-order valence-electron chi connectivity index (χ2n) is 6.94. The van der Waals surface area contributed by atoms with Gasteiger partial charge in [-0.3, -0.25) is 9.59 Å². The third-order valence-electron chi connectivity index (χ3n) is 4.35. The topological polar surface area (TPSA) is 57.6 Å². The van der Waals surface area contributed by atoms with Crippen molar-refractivity contribution in [2.24, 2.45) is 5.92 Å². The fraction of sp³-hybridized carbons (Fsp3) is 0.556. The molecule has 1 aromatic carbocycles. The summed E-state index contributed by atoms with van der Waals surface area (Å²) in [5, 5.41) is 9.09. The summed E-state index contributed by atoms with van der Waals surface area (Å²) in [6, 6.07) is 10.2. The van der Waals surface area contributed by atoms with Crippen LogP contribution in [0.4, 0.5) is 0 Å². The summed E-state index contributed by atoms with van der Waals surface area (Å²) in [6.07, 6.45) is 2.38. The first kappa shape index (κ1) is 16.5. The van der Waals surface area contributed by atoms with E-state index in [1.807, 2.05) is 30.3 Å². The van der Waals surface area contributed by atoms with Gasteiger partial charge in [0.15, 0.2) is 0 Å². The predicted octanol–water partition coefficient (Wildman–Crippen LogP) is 3.07. The van der Waals surface area contributed by atoms with Crippen molar-refractivity contribution in [3.63, 3.8) is 0 Å². The van der Waals surface area contributed by atoms with Crippen molar-refractivity contribution in [2.75, 3.05) is 6.54 Å². The second kappa shape index (κ2) is 6.51. The zero-order valence-corrected chi connectivity index (χ0v) is 13.6. The maximum absolute atomic E-state index is 12.7. The maximum Gasteiger partial charge on any atom is 0.308 e. The highest BCUT2D eigenvalue weighted by Gasteiger charge is 2.36. The number of hydrogen-bond acceptors (Lipinski definition) is 2. The van der Waals surface area contributed by atoms with E-state index in [1.54, 1.807) is 11.8 Å². The van der Waals surface area contributed by atoms with Crippen LogP contribution in [0.1, 0.15) is 45.6 Å². The van der Waals surface area contributed by atoms with Gasteiger partial charge in [0.2, 0.25) is 5.91 Å². The average molecular weight is 303 g/mol. The molecule has 1 saturated carbocycles. The third kappa shape index (κ3) is 4.09. The second-order valence-corrected chi connectivity index (χ2v) is 6.94. The van der Waals surface area contributed by atoms with E-state index < -0.39 is 11.9 Å². The summed E-state index contributed by atoms with van der Waals surface area (Å²) in [5.41, 5.74) is 0.878. The van der Waals surface area contributed by atoms with Crippen LogP contribution in [-0.4, -0.2) is 34.5 Å². The van der Waals surface area contributed by atoms with Gasteiger partial charge >= 0.3 is 5.97 Å². The summed E-state index contributed by atoms with van der Waals surface area (Å²) in [4.78, 5) is 25.6. The van der Waals surface area contributed by atoms with Crippen LogP contribution in [0.3, 0.4) is 0 Å². The number of aliphatic carboxylic acids is 1. The Morgan fingerprint density at radius 3 is 2.36 bits per heavy atom. The molecule has 4 heteroatoms. The molecule has 1 aliphatic carbocycles. The highest BCUT2D eigenvalue weighted by atomic mass is 16.4. The Bertz CT molecular complexity index is 535. The standard InChI is InChI=1S/C18H25NO3/c1-13(17(21)22)12-19(15-9-10-15)16(20)11-18(2,3)14-7-5-4-6-8-14/h4-8,13,15H,9-12H2,1-3H3,(H,21,22). The molecule has 1 aliphatic rings. The molecular formula is C18H25NO3. The number of hydrogen-bond donors (Lipinski definition) is 1. The molecule has 2 rings (SSSR count). The molecule has 0 spiro atoms. The first-order valence-corrected chi connectivity index (χ1v) is 7.89. The molecule has 1 fully saturated rings. The molecule has 1 aromatic rings. The molecule has 0 aliphatic heterocycles. The molecule has 1 N–H and O–H groups in total. The van der Waals surface area contributed by atoms with E-state index in [9.17, 15) is 9.59 Å². The van der Waals surface area contributed by atoms with Crippen LogP contribution in [-0.2, 0) is 15.0 Å². The van der Waals surface area contributed by atoms with Crippen LogP contribution in [0.25, 0.3) is 0 Å². The van der Waals surface area contributed by atoms with E-state index in [0.29, 0.717) is 13.0 Å². The number of carbonyl (C=O) groups is 2. The summed E-state index contributed by atoms with van der Waals surface area (Å²) in [7, 11) is 0. The largest absolute Gasteiger partial charge is 0.481 e. The maximum atomic E-state index is 12.7. The van der Waals surface area contributed by atoms with E-state index in [0.717, 1.165) is 18.4 Å². The lowest BCUT2D eigenvalue weighted by Crippen LogP contribution is -2.41. The predicted molar refractivity (Wildman–Crippen MR) is 85.6 cm³/mol. The van der Waals surface area contributed by atoms with Crippen molar-refractivity contribution in [3.8, 4) is 0 Å². The van der Waals surface area contributed by atoms with Gasteiger partial charge in [0.05, 0.1) is 5.92 Å². The quantitative estimate of drug-likeness (QED) is 0.842. The van der Waals surface area contributed by atoms with Crippen molar-refractivity contribution in [3.05, 3.63) is 35.9 Å². The number of carbonyl (C=O) groups excluding carboxylic acids is 1. The first-order chi connectivity index (χ1) is 10.3. The van der Waals surface area contributed by atoms with Crippen molar-refractivity contribution in [2.45, 2.75) is 51.5 Å². The summed E-state index contributed by atoms with van der Waals surface area (Å²) >= 11 is 0. The van der Waals surface area contributed by atoms with Gasteiger partial charge in [0.1, 0.15) is 0 Å². The Kier molecular flexibility index (Phi) is 4.89. The number of rotatable bonds is 7. The number of nitrogens with zero attached hydrogens (tertiary/aromatic N) is 1. The summed E-state index contributed by atoms with van der Waals surface area (Å²) < 4.78 is 0. The first-order valence-electron chi connectivity index (χ1n) is 7.89. The molecule has 4 nitrogen and oxygen atoms in total. The van der Waals surface area contributed by atoms with Crippen molar-refractivity contribution in [1.82, 2.24) is 4.90 Å². The molecule has 0 radical (unpaired) electrons. The smallest absolute Gasteiger partial charge is 0.308 e. The normalized spacial score (nSPS) is 16.1. The van der Waals surface area contributed by atoms with E-state index in [2.05, 4.69) is 13.8 Å². The molecular weight excluding hydrogens is 278 g/mol. The Labute approximate surface area is 132 Å². The van der Waals surface area contributed by atoms with Gasteiger partial charge in [-0.05, 0) is 23.8 Å². The van der Waals surface area contributed by atoms with Crippen LogP contribution >= 0.6 is 0 Å². The molecule has 0 bridgehead atoms. The monoisotopic (exact) mass is 303 g/mol. The Balaban J connectivity index is 2.06. The molecule has 120 valence electrons. The van der Waals surface area contributed by atoms with Crippen LogP contribution in [0.5, 0.6) is 0 Å². The molecule has 1 unspecified atom stereocenters. The molecule has 1 atom stereocenters. The minimum Gasteiger partial charge on any atom is -0.481 e. The lowest BCUT2D eigenvalue weighted by Gasteiger charge is -2.30. The van der Waals surface area contributed by atoms with E-state index in [4.69, 9.17) is 5.11 Å². The highest BCUT2D eigenvalue weighted by molar-refractivity contribution is 5.79. The zero-order valence-electron chi connectivity index (χ0n) is 13.6.